The average Bonchev–Trinajstić information content (AvgIpc) is 2.28. The highest BCUT2D eigenvalue weighted by Crippen LogP contribution is 2.24. The SMILES string of the molecule is COc1ccccc1[C@H](C)NC(=O)CBr. The second-order valence-electron chi connectivity index (χ2n) is 3.16. The van der Waals surface area contributed by atoms with Gasteiger partial charge in [0, 0.05) is 5.56 Å². The van der Waals surface area contributed by atoms with E-state index < -0.39 is 0 Å². The van der Waals surface area contributed by atoms with E-state index in [0.29, 0.717) is 5.33 Å². The number of ether oxygens (including phenoxy) is 1. The molecular weight excluding hydrogens is 258 g/mol. The molecule has 0 spiro atoms. The third-order valence-electron chi connectivity index (χ3n) is 2.10. The number of carbonyl (C=O) groups is 1. The first kappa shape index (κ1) is 12.0. The lowest BCUT2D eigenvalue weighted by atomic mass is 10.1. The summed E-state index contributed by atoms with van der Waals surface area (Å²) in [6.45, 7) is 1.93. The average molecular weight is 272 g/mol. The molecule has 1 aromatic rings. The Bertz CT molecular complexity index is 341. The number of para-hydroxylation sites is 1. The standard InChI is InChI=1S/C11H14BrNO2/c1-8(13-11(14)7-12)9-5-3-4-6-10(9)15-2/h3-6,8H,7H2,1-2H3,(H,13,14)/t8-/m0/s1. The first-order chi connectivity index (χ1) is 7.19. The van der Waals surface area contributed by atoms with E-state index in [0.717, 1.165) is 11.3 Å². The molecule has 1 N–H and O–H groups in total. The lowest BCUT2D eigenvalue weighted by molar-refractivity contribution is -0.119. The molecule has 3 nitrogen and oxygen atoms in total. The van der Waals surface area contributed by atoms with Gasteiger partial charge in [-0.1, -0.05) is 34.1 Å². The molecular formula is C11H14BrNO2. The third-order valence-corrected chi connectivity index (χ3v) is 2.61. The fraction of sp³-hybridized carbons (Fsp3) is 0.364. The van der Waals surface area contributed by atoms with Crippen LogP contribution in [0.2, 0.25) is 0 Å². The Morgan fingerprint density at radius 3 is 2.80 bits per heavy atom. The minimum absolute atomic E-state index is 0.0339. The van der Waals surface area contributed by atoms with Crippen LogP contribution in [-0.2, 0) is 4.79 Å². The van der Waals surface area contributed by atoms with Gasteiger partial charge in [0.15, 0.2) is 0 Å². The molecule has 0 radical (unpaired) electrons. The van der Waals surface area contributed by atoms with Crippen molar-refractivity contribution in [3.63, 3.8) is 0 Å². The first-order valence-electron chi connectivity index (χ1n) is 4.67. The lowest BCUT2D eigenvalue weighted by Crippen LogP contribution is -2.27. The van der Waals surface area contributed by atoms with E-state index in [2.05, 4.69) is 21.2 Å². The maximum atomic E-state index is 11.2. The Balaban J connectivity index is 2.80. The summed E-state index contributed by atoms with van der Waals surface area (Å²) in [6.07, 6.45) is 0. The zero-order valence-electron chi connectivity index (χ0n) is 8.79. The molecule has 0 saturated heterocycles. The Morgan fingerprint density at radius 1 is 1.53 bits per heavy atom. The van der Waals surface area contributed by atoms with E-state index in [-0.39, 0.29) is 11.9 Å². The van der Waals surface area contributed by atoms with Gasteiger partial charge in [0.05, 0.1) is 18.5 Å². The summed E-state index contributed by atoms with van der Waals surface area (Å²) >= 11 is 3.11. The smallest absolute Gasteiger partial charge is 0.231 e. The molecule has 15 heavy (non-hydrogen) atoms. The minimum atomic E-state index is -0.0498. The maximum absolute atomic E-state index is 11.2. The Hall–Kier alpha value is -1.03. The van der Waals surface area contributed by atoms with Crippen LogP contribution in [0.3, 0.4) is 0 Å². The van der Waals surface area contributed by atoms with E-state index in [1.54, 1.807) is 7.11 Å². The van der Waals surface area contributed by atoms with Crippen LogP contribution in [0.1, 0.15) is 18.5 Å². The molecule has 0 bridgehead atoms. The van der Waals surface area contributed by atoms with Crippen LogP contribution in [0.15, 0.2) is 24.3 Å². The number of hydrogen-bond acceptors (Lipinski definition) is 2. The summed E-state index contributed by atoms with van der Waals surface area (Å²) in [4.78, 5) is 11.2. The molecule has 0 saturated carbocycles. The number of halogens is 1. The molecule has 0 fully saturated rings. The van der Waals surface area contributed by atoms with Crippen LogP contribution >= 0.6 is 15.9 Å². The van der Waals surface area contributed by atoms with Crippen LogP contribution < -0.4 is 10.1 Å². The van der Waals surface area contributed by atoms with Crippen molar-refractivity contribution in [3.05, 3.63) is 29.8 Å². The third kappa shape index (κ3) is 3.23. The van der Waals surface area contributed by atoms with Crippen molar-refractivity contribution >= 4 is 21.8 Å². The summed E-state index contributed by atoms with van der Waals surface area (Å²) < 4.78 is 5.22. The molecule has 1 amide bonds. The van der Waals surface area contributed by atoms with Gasteiger partial charge in [0.2, 0.25) is 5.91 Å². The molecule has 0 aliphatic heterocycles. The van der Waals surface area contributed by atoms with Gasteiger partial charge in [-0.05, 0) is 13.0 Å². The predicted octanol–water partition coefficient (Wildman–Crippen LogP) is 2.27. The minimum Gasteiger partial charge on any atom is -0.496 e. The summed E-state index contributed by atoms with van der Waals surface area (Å²) in [5.74, 6) is 0.758. The van der Waals surface area contributed by atoms with Gasteiger partial charge >= 0.3 is 0 Å². The topological polar surface area (TPSA) is 38.3 Å². The van der Waals surface area contributed by atoms with Crippen molar-refractivity contribution in [1.82, 2.24) is 5.32 Å². The van der Waals surface area contributed by atoms with Gasteiger partial charge in [-0.3, -0.25) is 4.79 Å². The number of rotatable bonds is 4. The van der Waals surface area contributed by atoms with Gasteiger partial charge in [-0.2, -0.15) is 0 Å². The van der Waals surface area contributed by atoms with Crippen molar-refractivity contribution in [2.75, 3.05) is 12.4 Å². The second-order valence-corrected chi connectivity index (χ2v) is 3.73. The Kier molecular flexibility index (Phi) is 4.62. The quantitative estimate of drug-likeness (QED) is 0.854. The Labute approximate surface area is 97.9 Å². The van der Waals surface area contributed by atoms with Gasteiger partial charge in [0.1, 0.15) is 5.75 Å². The Morgan fingerprint density at radius 2 is 2.20 bits per heavy atom. The molecule has 0 heterocycles. The summed E-state index contributed by atoms with van der Waals surface area (Å²) in [5.41, 5.74) is 0.981. The number of alkyl halides is 1. The van der Waals surface area contributed by atoms with Crippen LogP contribution in [0.5, 0.6) is 5.75 Å². The molecule has 0 aromatic heterocycles. The van der Waals surface area contributed by atoms with Gasteiger partial charge in [-0.15, -0.1) is 0 Å². The van der Waals surface area contributed by atoms with E-state index in [4.69, 9.17) is 4.74 Å². The zero-order chi connectivity index (χ0) is 11.3. The second kappa shape index (κ2) is 5.75. The number of carbonyl (C=O) groups excluding carboxylic acids is 1. The van der Waals surface area contributed by atoms with E-state index in [9.17, 15) is 4.79 Å². The van der Waals surface area contributed by atoms with E-state index in [1.165, 1.54) is 0 Å². The lowest BCUT2D eigenvalue weighted by Gasteiger charge is -2.16. The highest BCUT2D eigenvalue weighted by atomic mass is 79.9. The highest BCUT2D eigenvalue weighted by molar-refractivity contribution is 9.09. The number of benzene rings is 1. The molecule has 0 aliphatic rings. The first-order valence-corrected chi connectivity index (χ1v) is 5.79. The molecule has 4 heteroatoms. The molecule has 1 rings (SSSR count). The predicted molar refractivity (Wildman–Crippen MR) is 63.3 cm³/mol. The number of hydrogen-bond donors (Lipinski definition) is 1. The number of amides is 1. The molecule has 0 unspecified atom stereocenters. The molecule has 82 valence electrons. The number of methoxy groups -OCH3 is 1. The van der Waals surface area contributed by atoms with E-state index in [1.807, 2.05) is 31.2 Å². The normalized spacial score (nSPS) is 11.9. The zero-order valence-corrected chi connectivity index (χ0v) is 10.4. The molecule has 0 aliphatic carbocycles. The van der Waals surface area contributed by atoms with Gasteiger partial charge in [0.25, 0.3) is 0 Å². The fourth-order valence-corrected chi connectivity index (χ4v) is 1.54. The van der Waals surface area contributed by atoms with Gasteiger partial charge < -0.3 is 10.1 Å². The maximum Gasteiger partial charge on any atom is 0.231 e. The summed E-state index contributed by atoms with van der Waals surface area (Å²) in [5, 5.41) is 3.17. The van der Waals surface area contributed by atoms with Gasteiger partial charge in [-0.25, -0.2) is 0 Å². The van der Waals surface area contributed by atoms with Crippen LogP contribution in [0.25, 0.3) is 0 Å². The van der Waals surface area contributed by atoms with Crippen molar-refractivity contribution in [2.24, 2.45) is 0 Å². The highest BCUT2D eigenvalue weighted by Gasteiger charge is 2.12. The summed E-state index contributed by atoms with van der Waals surface area (Å²) in [6, 6.07) is 7.60. The fourth-order valence-electron chi connectivity index (χ4n) is 1.38. The van der Waals surface area contributed by atoms with Crippen LogP contribution in [0, 0.1) is 0 Å². The van der Waals surface area contributed by atoms with Crippen molar-refractivity contribution in [3.8, 4) is 5.75 Å². The van der Waals surface area contributed by atoms with E-state index >= 15 is 0 Å². The largest absolute Gasteiger partial charge is 0.496 e. The van der Waals surface area contributed by atoms with Crippen LogP contribution in [-0.4, -0.2) is 18.3 Å². The van der Waals surface area contributed by atoms with Crippen molar-refractivity contribution in [1.29, 1.82) is 0 Å². The number of nitrogens with one attached hydrogen (secondary N) is 1. The molecule has 1 atom stereocenters. The monoisotopic (exact) mass is 271 g/mol. The van der Waals surface area contributed by atoms with Crippen LogP contribution in [0.4, 0.5) is 0 Å². The van der Waals surface area contributed by atoms with Crippen molar-refractivity contribution in [2.45, 2.75) is 13.0 Å². The van der Waals surface area contributed by atoms with Crippen molar-refractivity contribution < 1.29 is 9.53 Å². The summed E-state index contributed by atoms with van der Waals surface area (Å²) in [7, 11) is 1.62. The molecule has 1 aromatic carbocycles.